The second-order valence-corrected chi connectivity index (χ2v) is 3.93. The van der Waals surface area contributed by atoms with Crippen molar-refractivity contribution in [2.24, 2.45) is 5.16 Å². The smallest absolute Gasteiger partial charge is 0.270 e. The molecule has 0 fully saturated rings. The van der Waals surface area contributed by atoms with Crippen molar-refractivity contribution in [1.29, 1.82) is 0 Å². The Bertz CT molecular complexity index is 607. The van der Waals surface area contributed by atoms with Crippen molar-refractivity contribution in [3.8, 4) is 11.5 Å². The molecule has 0 heterocycles. The lowest BCUT2D eigenvalue weighted by atomic mass is 10.3. The molecule has 1 amide bonds. The number of benzene rings is 2. The minimum absolute atomic E-state index is 0.514. The molecule has 6 heteroatoms. The molecule has 0 aliphatic rings. The van der Waals surface area contributed by atoms with Crippen LogP contribution in [-0.4, -0.2) is 17.3 Å². The van der Waals surface area contributed by atoms with E-state index < -0.39 is 5.91 Å². The maximum absolute atomic E-state index is 11.2. The van der Waals surface area contributed by atoms with Gasteiger partial charge in [-0.2, -0.15) is 0 Å². The highest BCUT2D eigenvalue weighted by Gasteiger charge is 2.00. The Labute approximate surface area is 115 Å². The van der Waals surface area contributed by atoms with Crippen LogP contribution in [0.1, 0.15) is 0 Å². The Balaban J connectivity index is 2.01. The molecule has 20 heavy (non-hydrogen) atoms. The molecular formula is C14H13N3O3. The highest BCUT2D eigenvalue weighted by Crippen LogP contribution is 2.23. The fraction of sp³-hybridized carbons (Fsp3) is 0. The van der Waals surface area contributed by atoms with Gasteiger partial charge < -0.3 is 21.0 Å². The predicted octanol–water partition coefficient (Wildman–Crippen LogP) is 2.46. The molecule has 0 spiro atoms. The number of oxime groups is 1. The molecule has 2 aromatic carbocycles. The Kier molecular flexibility index (Phi) is 4.18. The van der Waals surface area contributed by atoms with E-state index in [1.165, 1.54) is 0 Å². The van der Waals surface area contributed by atoms with E-state index in [1.807, 2.05) is 0 Å². The second kappa shape index (κ2) is 6.24. The molecule has 2 aromatic rings. The number of anilines is 2. The fourth-order valence-electron chi connectivity index (χ4n) is 1.51. The third-order valence-electron chi connectivity index (χ3n) is 2.41. The van der Waals surface area contributed by atoms with Gasteiger partial charge in [0.25, 0.3) is 5.91 Å². The zero-order valence-electron chi connectivity index (χ0n) is 10.5. The highest BCUT2D eigenvalue weighted by molar-refractivity contribution is 6.31. The first-order valence-electron chi connectivity index (χ1n) is 5.79. The van der Waals surface area contributed by atoms with Gasteiger partial charge in [-0.15, -0.1) is 0 Å². The number of ether oxygens (including phenoxy) is 1. The van der Waals surface area contributed by atoms with E-state index in [0.29, 0.717) is 22.9 Å². The number of carbonyl (C=O) groups excluding carboxylic acids is 1. The number of amides is 1. The van der Waals surface area contributed by atoms with Gasteiger partial charge in [-0.1, -0.05) is 5.16 Å². The average molecular weight is 271 g/mol. The van der Waals surface area contributed by atoms with Crippen molar-refractivity contribution in [3.63, 3.8) is 0 Å². The largest absolute Gasteiger partial charge is 0.457 e. The summed E-state index contributed by atoms with van der Waals surface area (Å²) in [5.74, 6) is 0.784. The first-order chi connectivity index (χ1) is 9.67. The Morgan fingerprint density at radius 2 is 1.65 bits per heavy atom. The Morgan fingerprint density at radius 3 is 2.20 bits per heavy atom. The molecule has 0 aliphatic heterocycles. The molecule has 6 nitrogen and oxygen atoms in total. The van der Waals surface area contributed by atoms with E-state index in [0.717, 1.165) is 6.21 Å². The summed E-state index contributed by atoms with van der Waals surface area (Å²) in [6, 6.07) is 13.8. The number of nitrogens with two attached hydrogens (primary N) is 1. The number of hydrogen-bond acceptors (Lipinski definition) is 5. The summed E-state index contributed by atoms with van der Waals surface area (Å²) in [5, 5.41) is 13.4. The van der Waals surface area contributed by atoms with Crippen molar-refractivity contribution in [2.45, 2.75) is 0 Å². The highest BCUT2D eigenvalue weighted by atomic mass is 16.5. The van der Waals surface area contributed by atoms with Crippen LogP contribution in [-0.2, 0) is 4.79 Å². The summed E-state index contributed by atoms with van der Waals surface area (Å²) in [5.41, 5.74) is 6.82. The molecule has 0 bridgehead atoms. The Hall–Kier alpha value is -3.02. The molecule has 0 saturated heterocycles. The van der Waals surface area contributed by atoms with Crippen LogP contribution in [0, 0.1) is 0 Å². The average Bonchev–Trinajstić information content (AvgIpc) is 2.44. The molecule has 0 unspecified atom stereocenters. The minimum atomic E-state index is -0.514. The number of rotatable bonds is 4. The third-order valence-corrected chi connectivity index (χ3v) is 2.41. The fourth-order valence-corrected chi connectivity index (χ4v) is 1.51. The van der Waals surface area contributed by atoms with E-state index in [2.05, 4.69) is 10.5 Å². The zero-order chi connectivity index (χ0) is 14.4. The van der Waals surface area contributed by atoms with Gasteiger partial charge in [0, 0.05) is 11.4 Å². The van der Waals surface area contributed by atoms with Gasteiger partial charge in [0.1, 0.15) is 17.7 Å². The van der Waals surface area contributed by atoms with Crippen molar-refractivity contribution in [2.75, 3.05) is 11.1 Å². The van der Waals surface area contributed by atoms with Gasteiger partial charge in [0.2, 0.25) is 0 Å². The lowest BCUT2D eigenvalue weighted by Crippen LogP contribution is -2.12. The summed E-state index contributed by atoms with van der Waals surface area (Å²) in [4.78, 5) is 11.2. The van der Waals surface area contributed by atoms with Gasteiger partial charge in [0.05, 0.1) is 0 Å². The van der Waals surface area contributed by atoms with Crippen LogP contribution in [0.3, 0.4) is 0 Å². The third kappa shape index (κ3) is 3.74. The second-order valence-electron chi connectivity index (χ2n) is 3.93. The zero-order valence-corrected chi connectivity index (χ0v) is 10.5. The summed E-state index contributed by atoms with van der Waals surface area (Å²) >= 11 is 0. The Morgan fingerprint density at radius 1 is 1.10 bits per heavy atom. The van der Waals surface area contributed by atoms with E-state index in [9.17, 15) is 4.79 Å². The lowest BCUT2D eigenvalue weighted by molar-refractivity contribution is -0.110. The quantitative estimate of drug-likeness (QED) is 0.344. The van der Waals surface area contributed by atoms with Crippen LogP contribution in [0.4, 0.5) is 11.4 Å². The molecular weight excluding hydrogens is 258 g/mol. The van der Waals surface area contributed by atoms with Crippen LogP contribution in [0.5, 0.6) is 11.5 Å². The molecule has 102 valence electrons. The maximum atomic E-state index is 11.2. The van der Waals surface area contributed by atoms with Gasteiger partial charge in [0.15, 0.2) is 0 Å². The topological polar surface area (TPSA) is 96.9 Å². The van der Waals surface area contributed by atoms with Crippen molar-refractivity contribution in [1.82, 2.24) is 0 Å². The molecule has 0 aliphatic carbocycles. The van der Waals surface area contributed by atoms with E-state index in [1.54, 1.807) is 48.5 Å². The molecule has 0 radical (unpaired) electrons. The van der Waals surface area contributed by atoms with E-state index >= 15 is 0 Å². The maximum Gasteiger partial charge on any atom is 0.270 e. The summed E-state index contributed by atoms with van der Waals surface area (Å²) in [7, 11) is 0. The van der Waals surface area contributed by atoms with Crippen molar-refractivity contribution >= 4 is 23.5 Å². The van der Waals surface area contributed by atoms with Crippen LogP contribution in [0.2, 0.25) is 0 Å². The van der Waals surface area contributed by atoms with Crippen molar-refractivity contribution in [3.05, 3.63) is 48.5 Å². The molecule has 0 aromatic heterocycles. The number of carbonyl (C=O) groups is 1. The van der Waals surface area contributed by atoms with E-state index in [-0.39, 0.29) is 0 Å². The number of nitrogen functional groups attached to an aromatic ring is 1. The number of hydrogen-bond donors (Lipinski definition) is 3. The first kappa shape index (κ1) is 13.4. The number of nitrogens with one attached hydrogen (secondary N) is 1. The summed E-state index contributed by atoms with van der Waals surface area (Å²) in [6.07, 6.45) is 0.777. The van der Waals surface area contributed by atoms with Crippen LogP contribution < -0.4 is 15.8 Å². The SMILES string of the molecule is Nc1ccc(Oc2ccc(NC(=O)/C=N/O)cc2)cc1. The van der Waals surface area contributed by atoms with Gasteiger partial charge >= 0.3 is 0 Å². The lowest BCUT2D eigenvalue weighted by Gasteiger charge is -2.07. The predicted molar refractivity (Wildman–Crippen MR) is 76.3 cm³/mol. The standard InChI is InChI=1S/C14H13N3O3/c15-10-1-5-12(6-2-10)20-13-7-3-11(4-8-13)17-14(18)9-16-19/h1-9,19H,15H2,(H,17,18)/b16-9+. The number of nitrogens with zero attached hydrogens (tertiary/aromatic N) is 1. The van der Waals surface area contributed by atoms with Gasteiger partial charge in [-0.05, 0) is 48.5 Å². The summed E-state index contributed by atoms with van der Waals surface area (Å²) < 4.78 is 5.61. The van der Waals surface area contributed by atoms with Gasteiger partial charge in [-0.3, -0.25) is 4.79 Å². The molecule has 0 saturated carbocycles. The van der Waals surface area contributed by atoms with Crippen LogP contribution in [0.25, 0.3) is 0 Å². The van der Waals surface area contributed by atoms with Crippen LogP contribution >= 0.6 is 0 Å². The van der Waals surface area contributed by atoms with E-state index in [4.69, 9.17) is 15.7 Å². The van der Waals surface area contributed by atoms with Gasteiger partial charge in [-0.25, -0.2) is 0 Å². The molecule has 4 N–H and O–H groups in total. The first-order valence-corrected chi connectivity index (χ1v) is 5.79. The van der Waals surface area contributed by atoms with Crippen LogP contribution in [0.15, 0.2) is 53.7 Å². The molecule has 0 atom stereocenters. The summed E-state index contributed by atoms with van der Waals surface area (Å²) in [6.45, 7) is 0. The normalized spacial score (nSPS) is 10.4. The monoisotopic (exact) mass is 271 g/mol. The molecule has 2 rings (SSSR count). The minimum Gasteiger partial charge on any atom is -0.457 e. The van der Waals surface area contributed by atoms with Crippen molar-refractivity contribution < 1.29 is 14.7 Å².